The first-order valence-corrected chi connectivity index (χ1v) is 12.5. The molecule has 0 spiro atoms. The summed E-state index contributed by atoms with van der Waals surface area (Å²) in [7, 11) is 0. The van der Waals surface area contributed by atoms with Gasteiger partial charge in [-0.15, -0.1) is 10.2 Å². The first kappa shape index (κ1) is 24.1. The van der Waals surface area contributed by atoms with Crippen LogP contribution in [0.15, 0.2) is 52.2 Å². The first-order chi connectivity index (χ1) is 16.3. The second kappa shape index (κ2) is 10.5. The zero-order valence-corrected chi connectivity index (χ0v) is 20.8. The number of Topliss-reactive ketones (excluding diaryl/α,β-unsaturated/α-hetero) is 1. The molecule has 3 atom stereocenters. The van der Waals surface area contributed by atoms with Crippen LogP contribution in [0.3, 0.4) is 0 Å². The van der Waals surface area contributed by atoms with E-state index in [4.69, 9.17) is 4.42 Å². The third kappa shape index (κ3) is 5.52. The third-order valence-electron chi connectivity index (χ3n) is 5.96. The van der Waals surface area contributed by atoms with Crippen LogP contribution < -0.4 is 10.2 Å². The molecule has 0 bridgehead atoms. The van der Waals surface area contributed by atoms with Crippen molar-refractivity contribution in [2.75, 3.05) is 23.3 Å². The zero-order valence-electron chi connectivity index (χ0n) is 20.0. The van der Waals surface area contributed by atoms with Crippen molar-refractivity contribution in [3.05, 3.63) is 54.0 Å². The number of anilines is 2. The van der Waals surface area contributed by atoms with Crippen LogP contribution in [0.2, 0.25) is 0 Å². The summed E-state index contributed by atoms with van der Waals surface area (Å²) in [5, 5.41) is 12.1. The van der Waals surface area contributed by atoms with Gasteiger partial charge in [-0.1, -0.05) is 37.7 Å². The molecule has 1 saturated heterocycles. The second-order valence-corrected chi connectivity index (χ2v) is 10.5. The number of rotatable bonds is 8. The van der Waals surface area contributed by atoms with Gasteiger partial charge in [-0.05, 0) is 56.4 Å². The number of furan rings is 1. The molecule has 1 fully saturated rings. The lowest BCUT2D eigenvalue weighted by Gasteiger charge is -2.35. The summed E-state index contributed by atoms with van der Waals surface area (Å²) in [4.78, 5) is 27.2. The SMILES string of the molecule is CC(=O)c1ccccc1NC(=O)C(C)Sc1nnc(N2CC(C)CC(C)C2)n1Cc1ccco1. The molecule has 34 heavy (non-hydrogen) atoms. The summed E-state index contributed by atoms with van der Waals surface area (Å²) in [5.41, 5.74) is 1.01. The molecule has 2 aromatic heterocycles. The van der Waals surface area contributed by atoms with E-state index < -0.39 is 5.25 Å². The van der Waals surface area contributed by atoms with Gasteiger partial charge in [-0.25, -0.2) is 0 Å². The average molecular weight is 482 g/mol. The molecule has 9 heteroatoms. The highest BCUT2D eigenvalue weighted by molar-refractivity contribution is 8.00. The van der Waals surface area contributed by atoms with Crippen molar-refractivity contribution in [3.8, 4) is 0 Å². The fourth-order valence-corrected chi connectivity index (χ4v) is 5.31. The number of thioether (sulfide) groups is 1. The lowest BCUT2D eigenvalue weighted by Crippen LogP contribution is -2.40. The average Bonchev–Trinajstić information content (AvgIpc) is 3.44. The Hall–Kier alpha value is -3.07. The number of hydrogen-bond acceptors (Lipinski definition) is 7. The summed E-state index contributed by atoms with van der Waals surface area (Å²) in [6.45, 7) is 10.2. The van der Waals surface area contributed by atoms with Gasteiger partial charge in [0.2, 0.25) is 11.9 Å². The van der Waals surface area contributed by atoms with Gasteiger partial charge in [0, 0.05) is 18.7 Å². The highest BCUT2D eigenvalue weighted by atomic mass is 32.2. The minimum atomic E-state index is -0.452. The largest absolute Gasteiger partial charge is 0.467 e. The Morgan fingerprint density at radius 3 is 2.56 bits per heavy atom. The summed E-state index contributed by atoms with van der Waals surface area (Å²) >= 11 is 1.34. The van der Waals surface area contributed by atoms with Gasteiger partial charge in [-0.3, -0.25) is 14.2 Å². The summed E-state index contributed by atoms with van der Waals surface area (Å²) in [5.74, 6) is 2.44. The number of amides is 1. The Balaban J connectivity index is 1.55. The van der Waals surface area contributed by atoms with E-state index in [9.17, 15) is 9.59 Å². The molecule has 0 saturated carbocycles. The van der Waals surface area contributed by atoms with Crippen molar-refractivity contribution in [1.29, 1.82) is 0 Å². The Labute approximate surface area is 204 Å². The van der Waals surface area contributed by atoms with Crippen LogP contribution in [0.1, 0.15) is 50.2 Å². The van der Waals surface area contributed by atoms with Crippen molar-refractivity contribution in [1.82, 2.24) is 14.8 Å². The van der Waals surface area contributed by atoms with Crippen molar-refractivity contribution in [2.24, 2.45) is 11.8 Å². The molecule has 1 amide bonds. The van der Waals surface area contributed by atoms with E-state index in [1.807, 2.05) is 23.6 Å². The van der Waals surface area contributed by atoms with Crippen molar-refractivity contribution < 1.29 is 14.0 Å². The van der Waals surface area contributed by atoms with Crippen molar-refractivity contribution in [3.63, 3.8) is 0 Å². The number of ketones is 1. The van der Waals surface area contributed by atoms with Gasteiger partial charge in [-0.2, -0.15) is 0 Å². The lowest BCUT2D eigenvalue weighted by atomic mass is 9.92. The van der Waals surface area contributed by atoms with Crippen LogP contribution in [0.5, 0.6) is 0 Å². The number of hydrogen-bond donors (Lipinski definition) is 1. The number of para-hydroxylation sites is 1. The normalized spacial score (nSPS) is 19.1. The van der Waals surface area contributed by atoms with Crippen LogP contribution in [-0.4, -0.2) is 44.8 Å². The second-order valence-electron chi connectivity index (χ2n) is 9.15. The van der Waals surface area contributed by atoms with Crippen LogP contribution in [0.4, 0.5) is 11.6 Å². The molecule has 3 heterocycles. The van der Waals surface area contributed by atoms with Gasteiger partial charge in [0.1, 0.15) is 5.76 Å². The van der Waals surface area contributed by atoms with Gasteiger partial charge >= 0.3 is 0 Å². The van der Waals surface area contributed by atoms with E-state index in [-0.39, 0.29) is 11.7 Å². The molecule has 1 N–H and O–H groups in total. The van der Waals surface area contributed by atoms with Gasteiger partial charge in [0.25, 0.3) is 0 Å². The predicted molar refractivity (Wildman–Crippen MR) is 133 cm³/mol. The molecule has 1 aromatic carbocycles. The quantitative estimate of drug-likeness (QED) is 0.367. The lowest BCUT2D eigenvalue weighted by molar-refractivity contribution is -0.115. The Kier molecular flexibility index (Phi) is 7.41. The van der Waals surface area contributed by atoms with Crippen LogP contribution in [0.25, 0.3) is 0 Å². The minimum Gasteiger partial charge on any atom is -0.467 e. The van der Waals surface area contributed by atoms with E-state index in [1.165, 1.54) is 25.1 Å². The van der Waals surface area contributed by atoms with E-state index in [1.54, 1.807) is 30.5 Å². The molecule has 3 unspecified atom stereocenters. The highest BCUT2D eigenvalue weighted by Crippen LogP contribution is 2.31. The minimum absolute atomic E-state index is 0.0935. The predicted octanol–water partition coefficient (Wildman–Crippen LogP) is 4.72. The molecular weight excluding hydrogens is 450 g/mol. The number of benzene rings is 1. The Morgan fingerprint density at radius 1 is 1.15 bits per heavy atom. The maximum atomic E-state index is 13.0. The molecule has 1 aliphatic rings. The van der Waals surface area contributed by atoms with E-state index >= 15 is 0 Å². The summed E-state index contributed by atoms with van der Waals surface area (Å²) in [6, 6.07) is 10.8. The molecule has 4 rings (SSSR count). The molecule has 3 aromatic rings. The number of carbonyl (C=O) groups excluding carboxylic acids is 2. The monoisotopic (exact) mass is 481 g/mol. The fraction of sp³-hybridized carbons (Fsp3) is 0.440. The molecule has 0 aliphatic carbocycles. The maximum Gasteiger partial charge on any atom is 0.237 e. The van der Waals surface area contributed by atoms with Crippen molar-refractivity contribution >= 4 is 35.1 Å². The Morgan fingerprint density at radius 2 is 1.88 bits per heavy atom. The van der Waals surface area contributed by atoms with Gasteiger partial charge in [0.05, 0.1) is 23.7 Å². The van der Waals surface area contributed by atoms with Gasteiger partial charge < -0.3 is 14.6 Å². The molecule has 8 nitrogen and oxygen atoms in total. The van der Waals surface area contributed by atoms with Crippen LogP contribution in [-0.2, 0) is 11.3 Å². The first-order valence-electron chi connectivity index (χ1n) is 11.6. The molecule has 180 valence electrons. The zero-order chi connectivity index (χ0) is 24.2. The van der Waals surface area contributed by atoms with Gasteiger partial charge in [0.15, 0.2) is 10.9 Å². The Bertz CT molecular complexity index is 1130. The molecule has 0 radical (unpaired) electrons. The number of carbonyl (C=O) groups is 2. The topological polar surface area (TPSA) is 93.3 Å². The summed E-state index contributed by atoms with van der Waals surface area (Å²) < 4.78 is 7.63. The highest BCUT2D eigenvalue weighted by Gasteiger charge is 2.28. The molecule has 1 aliphatic heterocycles. The van der Waals surface area contributed by atoms with Crippen LogP contribution in [0, 0.1) is 11.8 Å². The summed E-state index contributed by atoms with van der Waals surface area (Å²) in [6.07, 6.45) is 2.85. The standard InChI is InChI=1S/C25H31N5O3S/c1-16-12-17(2)14-29(13-16)24-27-28-25(30(24)15-20-8-7-11-33-20)34-19(4)23(32)26-22-10-6-5-9-21(22)18(3)31/h5-11,16-17,19H,12-15H2,1-4H3,(H,26,32). The number of nitrogens with one attached hydrogen (secondary N) is 1. The van der Waals surface area contributed by atoms with E-state index in [2.05, 4.69) is 34.3 Å². The third-order valence-corrected chi connectivity index (χ3v) is 7.04. The number of nitrogens with zero attached hydrogens (tertiary/aromatic N) is 4. The fourth-order valence-electron chi connectivity index (χ4n) is 4.47. The number of aromatic nitrogens is 3. The smallest absolute Gasteiger partial charge is 0.237 e. The van der Waals surface area contributed by atoms with Crippen LogP contribution >= 0.6 is 11.8 Å². The van der Waals surface area contributed by atoms with E-state index in [0.29, 0.717) is 34.8 Å². The van der Waals surface area contributed by atoms with Crippen molar-refractivity contribution in [2.45, 2.75) is 51.1 Å². The number of piperidine rings is 1. The molecular formula is C25H31N5O3S. The van der Waals surface area contributed by atoms with E-state index in [0.717, 1.165) is 24.8 Å². The maximum absolute atomic E-state index is 13.0.